The quantitative estimate of drug-likeness (QED) is 0.109. The van der Waals surface area contributed by atoms with Crippen LogP contribution < -0.4 is 4.74 Å². The molecule has 212 valence electrons. The average molecular weight is 591 g/mol. The maximum atomic E-state index is 14.3. The van der Waals surface area contributed by atoms with Gasteiger partial charge in [-0.2, -0.15) is 0 Å². The van der Waals surface area contributed by atoms with Gasteiger partial charge in [0, 0.05) is 16.7 Å². The Morgan fingerprint density at radius 2 is 0.976 bits per heavy atom. The number of ether oxygens (including phenoxy) is 1. The largest absolute Gasteiger partial charge is 0.457 e. The van der Waals surface area contributed by atoms with Gasteiger partial charge >= 0.3 is 0 Å². The lowest BCUT2D eigenvalue weighted by Crippen LogP contribution is -2.12. The molecule has 5 aromatic carbocycles. The van der Waals surface area contributed by atoms with Gasteiger partial charge in [-0.15, -0.1) is 0 Å². The highest BCUT2D eigenvalue weighted by Gasteiger charge is 2.33. The molecule has 0 radical (unpaired) electrons. The van der Waals surface area contributed by atoms with Gasteiger partial charge in [0.1, 0.15) is 16.4 Å². The van der Waals surface area contributed by atoms with Crippen molar-refractivity contribution in [1.82, 2.24) is 0 Å². The number of rotatable bonds is 7. The zero-order chi connectivity index (χ0) is 30.2. The van der Waals surface area contributed by atoms with Crippen LogP contribution in [-0.4, -0.2) is 14.2 Å². The van der Waals surface area contributed by atoms with Crippen molar-refractivity contribution in [2.45, 2.75) is 23.6 Å². The second kappa shape index (κ2) is 11.3. The topological polar surface area (TPSA) is 60.4 Å². The number of hydrogen-bond donors (Lipinski definition) is 0. The summed E-state index contributed by atoms with van der Waals surface area (Å²) in [7, 11) is -4.94. The van der Waals surface area contributed by atoms with Crippen molar-refractivity contribution >= 4 is 15.6 Å². The minimum Gasteiger partial charge on any atom is -0.457 e. The van der Waals surface area contributed by atoms with E-state index < -0.39 is 48.5 Å². The van der Waals surface area contributed by atoms with E-state index in [1.165, 1.54) is 12.1 Å². The molecule has 0 saturated carbocycles. The predicted octanol–water partition coefficient (Wildman–Crippen LogP) is 8.38. The molecule has 9 heteroatoms. The summed E-state index contributed by atoms with van der Waals surface area (Å²) in [5, 5.41) is 0. The molecule has 0 aliphatic carbocycles. The first-order valence-corrected chi connectivity index (χ1v) is 14.1. The Hall–Kier alpha value is -4.76. The van der Waals surface area contributed by atoms with Crippen LogP contribution in [0.3, 0.4) is 0 Å². The molecule has 0 saturated heterocycles. The zero-order valence-electron chi connectivity index (χ0n) is 22.3. The van der Waals surface area contributed by atoms with Crippen molar-refractivity contribution < 1.29 is 35.5 Å². The van der Waals surface area contributed by atoms with E-state index >= 15 is 0 Å². The number of carbonyl (C=O) groups is 1. The van der Waals surface area contributed by atoms with Crippen LogP contribution in [0.4, 0.5) is 17.6 Å². The monoisotopic (exact) mass is 590 g/mol. The molecule has 0 spiro atoms. The smallest absolute Gasteiger partial charge is 0.212 e. The van der Waals surface area contributed by atoms with Gasteiger partial charge in [0.05, 0.1) is 4.90 Å². The molecular formula is C33H22F4O4S. The minimum atomic E-state index is -4.94. The van der Waals surface area contributed by atoms with Gasteiger partial charge in [-0.05, 0) is 73.5 Å². The number of hydrogen-bond acceptors (Lipinski definition) is 4. The highest BCUT2D eigenvalue weighted by Crippen LogP contribution is 2.33. The second-order valence-electron chi connectivity index (χ2n) is 9.58. The summed E-state index contributed by atoms with van der Waals surface area (Å²) in [5.74, 6) is -7.25. The molecule has 0 N–H and O–H groups in total. The Morgan fingerprint density at radius 3 is 1.45 bits per heavy atom. The van der Waals surface area contributed by atoms with Crippen molar-refractivity contribution in [3.63, 3.8) is 0 Å². The molecule has 0 bridgehead atoms. The lowest BCUT2D eigenvalue weighted by atomic mass is 9.99. The predicted molar refractivity (Wildman–Crippen MR) is 149 cm³/mol. The number of halogens is 4. The zero-order valence-corrected chi connectivity index (χ0v) is 23.1. The average Bonchev–Trinajstić information content (AvgIpc) is 3.00. The van der Waals surface area contributed by atoms with Gasteiger partial charge < -0.3 is 4.74 Å². The molecule has 0 aromatic heterocycles. The molecule has 0 fully saturated rings. The van der Waals surface area contributed by atoms with Gasteiger partial charge in [0.25, 0.3) is 0 Å². The SMILES string of the molecule is Cc1ccc(-c2ccc(C(=O)c3ccc(Oc4ccc(S(=O)(=O)c5c(F)c(F)c(C)c(F)c5F)cc4)cc3)cc2)cc1. The third kappa shape index (κ3) is 5.43. The number of carbonyl (C=O) groups excluding carboxylic acids is 1. The summed E-state index contributed by atoms with van der Waals surface area (Å²) in [6.45, 7) is 2.81. The molecule has 42 heavy (non-hydrogen) atoms. The lowest BCUT2D eigenvalue weighted by Gasteiger charge is -2.11. The molecule has 5 rings (SSSR count). The van der Waals surface area contributed by atoms with Gasteiger partial charge in [0.15, 0.2) is 29.1 Å². The van der Waals surface area contributed by atoms with Crippen molar-refractivity contribution in [1.29, 1.82) is 0 Å². The summed E-state index contributed by atoms with van der Waals surface area (Å²) in [5.41, 5.74) is 3.17. The second-order valence-corrected chi connectivity index (χ2v) is 11.5. The van der Waals surface area contributed by atoms with E-state index in [2.05, 4.69) is 0 Å². The maximum Gasteiger partial charge on any atom is 0.212 e. The Bertz CT molecular complexity index is 1870. The Balaban J connectivity index is 1.29. The van der Waals surface area contributed by atoms with Crippen LogP contribution in [0.5, 0.6) is 11.5 Å². The van der Waals surface area contributed by atoms with Crippen LogP contribution in [0.25, 0.3) is 11.1 Å². The molecule has 0 amide bonds. The Morgan fingerprint density at radius 1 is 0.571 bits per heavy atom. The van der Waals surface area contributed by atoms with E-state index in [9.17, 15) is 30.8 Å². The minimum absolute atomic E-state index is 0.168. The van der Waals surface area contributed by atoms with Crippen LogP contribution in [0, 0.1) is 37.1 Å². The molecular weight excluding hydrogens is 568 g/mol. The van der Waals surface area contributed by atoms with E-state index in [1.807, 2.05) is 43.3 Å². The van der Waals surface area contributed by atoms with Crippen LogP contribution in [0.15, 0.2) is 107 Å². The third-order valence-corrected chi connectivity index (χ3v) is 8.52. The highest BCUT2D eigenvalue weighted by molar-refractivity contribution is 7.91. The molecule has 0 aliphatic heterocycles. The van der Waals surface area contributed by atoms with Crippen molar-refractivity contribution in [2.24, 2.45) is 0 Å². The fourth-order valence-electron chi connectivity index (χ4n) is 4.30. The van der Waals surface area contributed by atoms with E-state index in [0.29, 0.717) is 16.9 Å². The van der Waals surface area contributed by atoms with Crippen molar-refractivity contribution in [3.8, 4) is 22.6 Å². The molecule has 0 unspecified atom stereocenters. The summed E-state index contributed by atoms with van der Waals surface area (Å²) >= 11 is 0. The van der Waals surface area contributed by atoms with Gasteiger partial charge in [0.2, 0.25) is 9.84 Å². The maximum absolute atomic E-state index is 14.3. The Labute approximate surface area is 239 Å². The van der Waals surface area contributed by atoms with Gasteiger partial charge in [-0.1, -0.05) is 54.1 Å². The molecule has 5 aromatic rings. The molecule has 4 nitrogen and oxygen atoms in total. The highest BCUT2D eigenvalue weighted by atomic mass is 32.2. The van der Waals surface area contributed by atoms with Crippen LogP contribution in [0.2, 0.25) is 0 Å². The number of aryl methyl sites for hydroxylation is 1. The fraction of sp³-hybridized carbons (Fsp3) is 0.0606. The fourth-order valence-corrected chi connectivity index (χ4v) is 5.68. The normalized spacial score (nSPS) is 11.4. The standard InChI is InChI=1S/C33H22F4O4S/c1-19-3-5-21(6-4-19)22-7-9-23(10-8-22)32(38)24-11-13-25(14-12-24)41-26-15-17-27(18-16-26)42(39,40)33-30(36)28(34)20(2)29(35)31(33)37/h3-18H,1-2H3. The number of ketones is 1. The van der Waals surface area contributed by atoms with Gasteiger partial charge in [-0.25, -0.2) is 26.0 Å². The van der Waals surface area contributed by atoms with E-state index in [-0.39, 0.29) is 11.5 Å². The van der Waals surface area contributed by atoms with Crippen LogP contribution in [0.1, 0.15) is 27.0 Å². The molecule has 0 heterocycles. The van der Waals surface area contributed by atoms with Crippen LogP contribution >= 0.6 is 0 Å². The van der Waals surface area contributed by atoms with Crippen LogP contribution in [-0.2, 0) is 9.84 Å². The first-order chi connectivity index (χ1) is 20.0. The van der Waals surface area contributed by atoms with E-state index in [0.717, 1.165) is 35.7 Å². The van der Waals surface area contributed by atoms with Crippen molar-refractivity contribution in [2.75, 3.05) is 0 Å². The summed E-state index contributed by atoms with van der Waals surface area (Å²) in [4.78, 5) is 10.7. The summed E-state index contributed by atoms with van der Waals surface area (Å²) < 4.78 is 87.9. The van der Waals surface area contributed by atoms with E-state index in [4.69, 9.17) is 4.74 Å². The first-order valence-electron chi connectivity index (χ1n) is 12.6. The molecule has 0 atom stereocenters. The number of sulfone groups is 1. The third-order valence-electron chi connectivity index (χ3n) is 6.73. The lowest BCUT2D eigenvalue weighted by molar-refractivity contribution is 0.103. The van der Waals surface area contributed by atoms with Gasteiger partial charge in [-0.3, -0.25) is 4.79 Å². The molecule has 0 aliphatic rings. The number of benzene rings is 5. The summed E-state index contributed by atoms with van der Waals surface area (Å²) in [6, 6.07) is 26.1. The van der Waals surface area contributed by atoms with Crippen molar-refractivity contribution in [3.05, 3.63) is 143 Å². The first kappa shape index (κ1) is 28.8. The van der Waals surface area contributed by atoms with E-state index in [1.54, 1.807) is 36.4 Å². The Kier molecular flexibility index (Phi) is 7.71. The summed E-state index contributed by atoms with van der Waals surface area (Å²) in [6.07, 6.45) is 0.